The van der Waals surface area contributed by atoms with Gasteiger partial charge in [0.1, 0.15) is 5.82 Å². The van der Waals surface area contributed by atoms with Crippen LogP contribution >= 0.6 is 0 Å². The van der Waals surface area contributed by atoms with Crippen molar-refractivity contribution in [1.82, 2.24) is 9.55 Å². The molecule has 0 spiro atoms. The highest BCUT2D eigenvalue weighted by Gasteiger charge is 2.29. The quantitative estimate of drug-likeness (QED) is 0.167. The number of aromatic nitrogens is 2. The molecule has 64 heavy (non-hydrogen) atoms. The normalized spacial score (nSPS) is 12.8. The minimum atomic E-state index is 0.948. The van der Waals surface area contributed by atoms with E-state index < -0.39 is 0 Å². The van der Waals surface area contributed by atoms with Crippen molar-refractivity contribution in [2.24, 2.45) is 7.05 Å². The number of rotatable bonds is 6. The first-order chi connectivity index (χ1) is 31.5. The van der Waals surface area contributed by atoms with Crippen LogP contribution in [0.25, 0.3) is 55.8 Å². The lowest BCUT2D eigenvalue weighted by atomic mass is 9.90. The van der Waals surface area contributed by atoms with Gasteiger partial charge in [-0.2, -0.15) is 0 Å². The molecule has 0 aliphatic carbocycles. The van der Waals surface area contributed by atoms with Crippen molar-refractivity contribution in [3.05, 3.63) is 212 Å². The van der Waals surface area contributed by atoms with Gasteiger partial charge < -0.3 is 24.2 Å². The van der Waals surface area contributed by atoms with Gasteiger partial charge in [-0.15, -0.1) is 0 Å². The predicted octanol–water partition coefficient (Wildman–Crippen LogP) is 15.3. The Morgan fingerprint density at radius 1 is 0.312 bits per heavy atom. The summed E-state index contributed by atoms with van der Waals surface area (Å²) >= 11 is 0. The highest BCUT2D eigenvalue weighted by atomic mass is 15.3. The van der Waals surface area contributed by atoms with Gasteiger partial charge in [-0.1, -0.05) is 115 Å². The maximum absolute atomic E-state index is 5.05. The van der Waals surface area contributed by atoms with Crippen molar-refractivity contribution in [2.45, 2.75) is 0 Å². The van der Waals surface area contributed by atoms with Gasteiger partial charge in [0.2, 0.25) is 0 Å². The second kappa shape index (κ2) is 14.9. The zero-order valence-electron chi connectivity index (χ0n) is 35.9. The molecular formula is C58H44N6. The van der Waals surface area contributed by atoms with Crippen LogP contribution in [0.2, 0.25) is 0 Å². The zero-order valence-corrected chi connectivity index (χ0v) is 35.9. The summed E-state index contributed by atoms with van der Waals surface area (Å²) in [5, 5.41) is 0. The fraction of sp³-hybridized carbons (Fsp3) is 0.0517. The minimum Gasteiger partial charge on any atom is -0.341 e. The van der Waals surface area contributed by atoms with E-state index in [-0.39, 0.29) is 0 Å². The zero-order chi connectivity index (χ0) is 42.9. The molecular weight excluding hydrogens is 781 g/mol. The highest BCUT2D eigenvalue weighted by molar-refractivity contribution is 6.00. The summed E-state index contributed by atoms with van der Waals surface area (Å²) in [7, 11) is 6.41. The fourth-order valence-electron chi connectivity index (χ4n) is 9.90. The summed E-state index contributed by atoms with van der Waals surface area (Å²) in [4.78, 5) is 14.4. The molecule has 10 aromatic rings. The largest absolute Gasteiger partial charge is 0.341 e. The lowest BCUT2D eigenvalue weighted by Gasteiger charge is -2.38. The van der Waals surface area contributed by atoms with Crippen molar-refractivity contribution < 1.29 is 0 Å². The molecule has 12 rings (SSSR count). The smallest absolute Gasteiger partial charge is 0.140 e. The maximum atomic E-state index is 5.05. The van der Waals surface area contributed by atoms with Gasteiger partial charge in [-0.05, 0) is 130 Å². The Kier molecular flexibility index (Phi) is 8.73. The lowest BCUT2D eigenvalue weighted by molar-refractivity contribution is 0.959. The molecule has 2 aliphatic rings. The van der Waals surface area contributed by atoms with Crippen LogP contribution in [0.3, 0.4) is 0 Å². The van der Waals surface area contributed by atoms with Crippen LogP contribution in [0, 0.1) is 0 Å². The Hall–Kier alpha value is -8.35. The van der Waals surface area contributed by atoms with Crippen LogP contribution in [0.15, 0.2) is 212 Å². The monoisotopic (exact) mass is 824 g/mol. The van der Waals surface area contributed by atoms with Crippen molar-refractivity contribution in [3.63, 3.8) is 0 Å². The van der Waals surface area contributed by atoms with Crippen molar-refractivity contribution >= 4 is 67.9 Å². The van der Waals surface area contributed by atoms with Gasteiger partial charge in [0.25, 0.3) is 0 Å². The number of anilines is 10. The molecule has 3 heterocycles. The molecule has 0 bridgehead atoms. The van der Waals surface area contributed by atoms with Gasteiger partial charge in [-0.3, -0.25) is 0 Å². The first-order valence-corrected chi connectivity index (χ1v) is 21.8. The minimum absolute atomic E-state index is 0.948. The average molecular weight is 825 g/mol. The summed E-state index contributed by atoms with van der Waals surface area (Å²) in [5.41, 5.74) is 21.5. The van der Waals surface area contributed by atoms with Crippen molar-refractivity contribution in [2.75, 3.05) is 33.7 Å². The van der Waals surface area contributed by atoms with E-state index in [4.69, 9.17) is 4.98 Å². The molecule has 0 radical (unpaired) electrons. The fourth-order valence-corrected chi connectivity index (χ4v) is 9.90. The number of hydrogen-bond acceptors (Lipinski definition) is 5. The van der Waals surface area contributed by atoms with Gasteiger partial charge in [0.05, 0.1) is 56.5 Å². The van der Waals surface area contributed by atoms with Gasteiger partial charge >= 0.3 is 0 Å². The highest BCUT2D eigenvalue weighted by Crippen LogP contribution is 2.53. The predicted molar refractivity (Wildman–Crippen MR) is 268 cm³/mol. The van der Waals surface area contributed by atoms with E-state index in [9.17, 15) is 0 Å². The first-order valence-electron chi connectivity index (χ1n) is 21.8. The Morgan fingerprint density at radius 3 is 1.27 bits per heavy atom. The first kappa shape index (κ1) is 37.4. The molecule has 306 valence electrons. The van der Waals surface area contributed by atoms with E-state index in [0.29, 0.717) is 0 Å². The Balaban J connectivity index is 1.03. The van der Waals surface area contributed by atoms with E-state index in [1.807, 2.05) is 6.07 Å². The van der Waals surface area contributed by atoms with Crippen molar-refractivity contribution in [1.29, 1.82) is 0 Å². The molecule has 2 aliphatic heterocycles. The Labute approximate surface area is 373 Å². The van der Waals surface area contributed by atoms with E-state index >= 15 is 0 Å². The van der Waals surface area contributed by atoms with Crippen LogP contribution in [0.5, 0.6) is 0 Å². The average Bonchev–Trinajstić information content (AvgIpc) is 3.70. The number of fused-ring (bicyclic) bond motifs is 5. The number of aryl methyl sites for hydroxylation is 1. The number of imidazole rings is 1. The van der Waals surface area contributed by atoms with Crippen LogP contribution in [0.1, 0.15) is 0 Å². The molecule has 1 aromatic heterocycles. The Morgan fingerprint density at radius 2 is 0.734 bits per heavy atom. The van der Waals surface area contributed by atoms with E-state index in [1.165, 1.54) is 22.7 Å². The van der Waals surface area contributed by atoms with Crippen molar-refractivity contribution in [3.8, 4) is 44.8 Å². The van der Waals surface area contributed by atoms with E-state index in [0.717, 1.165) is 89.9 Å². The lowest BCUT2D eigenvalue weighted by Crippen LogP contribution is -2.23. The standard InChI is InChI=1S/C58H44N6/c1-60-50-25-6-10-29-54(50)63(55-30-11-7-26-51(55)60)44-21-15-18-41(36-44)46-34-33-40(39-17-14-20-43(35-39)58-59-48-23-4-5-24-49(48)62(58)3)38-47(46)42-19-16-22-45(37-42)64-56-31-12-8-27-52(56)61(2)53-28-9-13-32-57(53)64/h4-38H,1-3H3. The number of benzene rings is 9. The summed E-state index contributed by atoms with van der Waals surface area (Å²) in [6.45, 7) is 0. The molecule has 0 atom stereocenters. The molecule has 0 amide bonds. The molecule has 6 nitrogen and oxygen atoms in total. The summed E-state index contributed by atoms with van der Waals surface area (Å²) in [5.74, 6) is 0.948. The van der Waals surface area contributed by atoms with E-state index in [2.05, 4.69) is 252 Å². The van der Waals surface area contributed by atoms with Crippen LogP contribution in [-0.2, 0) is 7.05 Å². The molecule has 9 aromatic carbocycles. The topological polar surface area (TPSA) is 30.8 Å². The van der Waals surface area contributed by atoms with Crippen LogP contribution in [0.4, 0.5) is 56.9 Å². The maximum Gasteiger partial charge on any atom is 0.140 e. The van der Waals surface area contributed by atoms with Crippen LogP contribution in [-0.4, -0.2) is 23.6 Å². The third-order valence-electron chi connectivity index (χ3n) is 13.0. The third kappa shape index (κ3) is 5.98. The third-order valence-corrected chi connectivity index (χ3v) is 13.0. The second-order valence-electron chi connectivity index (χ2n) is 16.7. The second-order valence-corrected chi connectivity index (χ2v) is 16.7. The van der Waals surface area contributed by atoms with Gasteiger partial charge in [0, 0.05) is 38.1 Å². The number of nitrogens with zero attached hydrogens (tertiary/aromatic N) is 6. The van der Waals surface area contributed by atoms with Gasteiger partial charge in [0.15, 0.2) is 0 Å². The van der Waals surface area contributed by atoms with Gasteiger partial charge in [-0.25, -0.2) is 4.98 Å². The summed E-state index contributed by atoms with van der Waals surface area (Å²) < 4.78 is 2.19. The molecule has 0 saturated heterocycles. The number of para-hydroxylation sites is 10. The summed E-state index contributed by atoms with van der Waals surface area (Å²) in [6.07, 6.45) is 0. The van der Waals surface area contributed by atoms with Crippen LogP contribution < -0.4 is 19.6 Å². The molecule has 6 heteroatoms. The molecule has 0 saturated carbocycles. The Bertz CT molecular complexity index is 3340. The molecule has 0 fully saturated rings. The number of hydrogen-bond donors (Lipinski definition) is 0. The SMILES string of the molecule is CN1c2ccccc2N(c2cccc(-c3ccc(-c4cccc(-c5nc6ccccc6n5C)c4)cc3-c3cccc(N4c5ccccc5N(C)c5ccccc54)c3)c2)c2ccccc21. The molecule has 0 N–H and O–H groups in total. The molecule has 0 unspecified atom stereocenters. The summed E-state index contributed by atoms with van der Waals surface area (Å²) in [6, 6.07) is 76.8. The van der Waals surface area contributed by atoms with E-state index in [1.54, 1.807) is 0 Å².